The zero-order valence-electron chi connectivity index (χ0n) is 11.0. The van der Waals surface area contributed by atoms with Crippen LogP contribution in [0.15, 0.2) is 18.2 Å². The van der Waals surface area contributed by atoms with Crippen LogP contribution < -0.4 is 10.1 Å². The van der Waals surface area contributed by atoms with Crippen molar-refractivity contribution in [1.82, 2.24) is 5.32 Å². The van der Waals surface area contributed by atoms with Crippen molar-refractivity contribution in [1.29, 1.82) is 0 Å². The molecule has 0 spiro atoms. The van der Waals surface area contributed by atoms with Crippen LogP contribution in [0.25, 0.3) is 0 Å². The van der Waals surface area contributed by atoms with E-state index in [0.717, 1.165) is 18.9 Å². The molecular formula is C15H23NO. The van der Waals surface area contributed by atoms with E-state index in [0.29, 0.717) is 6.04 Å². The highest BCUT2D eigenvalue weighted by Gasteiger charge is 2.19. The molecule has 1 aliphatic rings. The number of rotatable bonds is 5. The summed E-state index contributed by atoms with van der Waals surface area (Å²) in [6.07, 6.45) is 4.95. The van der Waals surface area contributed by atoms with Gasteiger partial charge in [0.2, 0.25) is 0 Å². The van der Waals surface area contributed by atoms with E-state index in [9.17, 15) is 0 Å². The third kappa shape index (κ3) is 3.01. The van der Waals surface area contributed by atoms with Crippen molar-refractivity contribution in [3.63, 3.8) is 0 Å². The number of benzene rings is 1. The van der Waals surface area contributed by atoms with E-state index in [1.807, 2.05) is 6.92 Å². The van der Waals surface area contributed by atoms with Gasteiger partial charge in [0.1, 0.15) is 5.75 Å². The highest BCUT2D eigenvalue weighted by Crippen LogP contribution is 2.32. The van der Waals surface area contributed by atoms with Gasteiger partial charge in [-0.15, -0.1) is 0 Å². The van der Waals surface area contributed by atoms with Crippen molar-refractivity contribution in [2.45, 2.75) is 45.6 Å². The fraction of sp³-hybridized carbons (Fsp3) is 0.600. The molecule has 0 bridgehead atoms. The molecule has 1 atom stereocenters. The number of nitrogens with one attached hydrogen (secondary N) is 1. The second kappa shape index (κ2) is 6.06. The van der Waals surface area contributed by atoms with Gasteiger partial charge in [-0.2, -0.15) is 0 Å². The molecule has 0 amide bonds. The summed E-state index contributed by atoms with van der Waals surface area (Å²) in [7, 11) is 0. The van der Waals surface area contributed by atoms with E-state index in [-0.39, 0.29) is 0 Å². The van der Waals surface area contributed by atoms with Gasteiger partial charge in [-0.25, -0.2) is 0 Å². The van der Waals surface area contributed by atoms with Crippen LogP contribution in [-0.2, 0) is 6.42 Å². The molecule has 0 aromatic heterocycles. The Morgan fingerprint density at radius 3 is 3.00 bits per heavy atom. The molecule has 0 fully saturated rings. The topological polar surface area (TPSA) is 21.3 Å². The zero-order valence-corrected chi connectivity index (χ0v) is 11.0. The van der Waals surface area contributed by atoms with Gasteiger partial charge in [0.25, 0.3) is 0 Å². The Morgan fingerprint density at radius 1 is 1.35 bits per heavy atom. The van der Waals surface area contributed by atoms with Crippen LogP contribution >= 0.6 is 0 Å². The number of aryl methyl sites for hydroxylation is 1. The second-order valence-electron chi connectivity index (χ2n) is 4.69. The standard InChI is InChI=1S/C15H23NO/c1-3-10-16-15-7-5-6-12-8-9-13(17-4-2)11-14(12)15/h8-9,11,15-16H,3-7,10H2,1-2H3. The van der Waals surface area contributed by atoms with Crippen LogP contribution in [0, 0.1) is 0 Å². The average Bonchev–Trinajstić information content (AvgIpc) is 2.36. The molecule has 1 unspecified atom stereocenters. The highest BCUT2D eigenvalue weighted by atomic mass is 16.5. The van der Waals surface area contributed by atoms with E-state index >= 15 is 0 Å². The van der Waals surface area contributed by atoms with E-state index < -0.39 is 0 Å². The summed E-state index contributed by atoms with van der Waals surface area (Å²) in [5.74, 6) is 1.01. The minimum absolute atomic E-state index is 0.527. The van der Waals surface area contributed by atoms with Crippen LogP contribution in [-0.4, -0.2) is 13.2 Å². The van der Waals surface area contributed by atoms with Crippen molar-refractivity contribution in [2.24, 2.45) is 0 Å². The SMILES string of the molecule is CCCNC1CCCc2ccc(OCC)cc21. The Kier molecular flexibility index (Phi) is 4.43. The predicted octanol–water partition coefficient (Wildman–Crippen LogP) is 3.46. The molecule has 2 rings (SSSR count). The molecule has 1 N–H and O–H groups in total. The largest absolute Gasteiger partial charge is 0.494 e. The van der Waals surface area contributed by atoms with Gasteiger partial charge in [0, 0.05) is 6.04 Å². The molecule has 1 aromatic rings. The third-order valence-corrected chi connectivity index (χ3v) is 3.38. The summed E-state index contributed by atoms with van der Waals surface area (Å²) in [6.45, 7) is 6.09. The quantitative estimate of drug-likeness (QED) is 0.841. The molecule has 1 aliphatic carbocycles. The Bertz CT molecular complexity index is 362. The van der Waals surface area contributed by atoms with Crippen molar-refractivity contribution in [2.75, 3.05) is 13.2 Å². The van der Waals surface area contributed by atoms with E-state index in [2.05, 4.69) is 30.4 Å². The fourth-order valence-corrected chi connectivity index (χ4v) is 2.56. The lowest BCUT2D eigenvalue weighted by Crippen LogP contribution is -2.25. The van der Waals surface area contributed by atoms with Crippen LogP contribution in [0.5, 0.6) is 5.75 Å². The van der Waals surface area contributed by atoms with Crippen LogP contribution in [0.4, 0.5) is 0 Å². The van der Waals surface area contributed by atoms with Crippen molar-refractivity contribution in [3.8, 4) is 5.75 Å². The fourth-order valence-electron chi connectivity index (χ4n) is 2.56. The lowest BCUT2D eigenvalue weighted by Gasteiger charge is -2.27. The molecule has 94 valence electrons. The van der Waals surface area contributed by atoms with Gasteiger partial charge in [0.15, 0.2) is 0 Å². The van der Waals surface area contributed by atoms with Gasteiger partial charge >= 0.3 is 0 Å². The summed E-state index contributed by atoms with van der Waals surface area (Å²) >= 11 is 0. The van der Waals surface area contributed by atoms with Crippen LogP contribution in [0.1, 0.15) is 50.3 Å². The van der Waals surface area contributed by atoms with Gasteiger partial charge < -0.3 is 10.1 Å². The predicted molar refractivity (Wildman–Crippen MR) is 71.6 cm³/mol. The Hall–Kier alpha value is -1.02. The third-order valence-electron chi connectivity index (χ3n) is 3.38. The molecule has 17 heavy (non-hydrogen) atoms. The highest BCUT2D eigenvalue weighted by molar-refractivity contribution is 5.39. The van der Waals surface area contributed by atoms with Gasteiger partial charge in [-0.1, -0.05) is 13.0 Å². The molecule has 0 saturated carbocycles. The van der Waals surface area contributed by atoms with Crippen molar-refractivity contribution in [3.05, 3.63) is 29.3 Å². The molecule has 0 aliphatic heterocycles. The molecular weight excluding hydrogens is 210 g/mol. The minimum Gasteiger partial charge on any atom is -0.494 e. The number of fused-ring (bicyclic) bond motifs is 1. The lowest BCUT2D eigenvalue weighted by atomic mass is 9.87. The first-order valence-electron chi connectivity index (χ1n) is 6.84. The van der Waals surface area contributed by atoms with E-state index in [1.54, 1.807) is 0 Å². The van der Waals surface area contributed by atoms with Gasteiger partial charge in [-0.05, 0) is 62.4 Å². The van der Waals surface area contributed by atoms with E-state index in [1.165, 1.54) is 36.8 Å². The van der Waals surface area contributed by atoms with Crippen molar-refractivity contribution >= 4 is 0 Å². The first-order chi connectivity index (χ1) is 8.35. The van der Waals surface area contributed by atoms with Gasteiger partial charge in [0.05, 0.1) is 6.61 Å². The van der Waals surface area contributed by atoms with E-state index in [4.69, 9.17) is 4.74 Å². The first-order valence-corrected chi connectivity index (χ1v) is 6.84. The Morgan fingerprint density at radius 2 is 2.24 bits per heavy atom. The average molecular weight is 233 g/mol. The van der Waals surface area contributed by atoms with Crippen molar-refractivity contribution < 1.29 is 4.74 Å². The maximum Gasteiger partial charge on any atom is 0.119 e. The molecule has 0 radical (unpaired) electrons. The first kappa shape index (κ1) is 12.4. The Labute approximate surface area is 104 Å². The lowest BCUT2D eigenvalue weighted by molar-refractivity contribution is 0.338. The summed E-state index contributed by atoms with van der Waals surface area (Å²) in [5.41, 5.74) is 2.95. The smallest absolute Gasteiger partial charge is 0.119 e. The van der Waals surface area contributed by atoms with Crippen LogP contribution in [0.3, 0.4) is 0 Å². The molecule has 0 saturated heterocycles. The zero-order chi connectivity index (χ0) is 12.1. The van der Waals surface area contributed by atoms with Crippen LogP contribution in [0.2, 0.25) is 0 Å². The molecule has 1 aromatic carbocycles. The second-order valence-corrected chi connectivity index (χ2v) is 4.69. The summed E-state index contributed by atoms with van der Waals surface area (Å²) in [4.78, 5) is 0. The maximum absolute atomic E-state index is 5.60. The summed E-state index contributed by atoms with van der Waals surface area (Å²) in [6, 6.07) is 7.09. The molecule has 2 heteroatoms. The molecule has 0 heterocycles. The Balaban J connectivity index is 2.18. The number of hydrogen-bond acceptors (Lipinski definition) is 2. The maximum atomic E-state index is 5.60. The molecule has 2 nitrogen and oxygen atoms in total. The summed E-state index contributed by atoms with van der Waals surface area (Å²) in [5, 5.41) is 3.64. The minimum atomic E-state index is 0.527. The monoisotopic (exact) mass is 233 g/mol. The number of hydrogen-bond donors (Lipinski definition) is 1. The van der Waals surface area contributed by atoms with Gasteiger partial charge in [-0.3, -0.25) is 0 Å². The summed E-state index contributed by atoms with van der Waals surface area (Å²) < 4.78 is 5.60. The number of ether oxygens (including phenoxy) is 1. The normalized spacial score (nSPS) is 18.8.